The third kappa shape index (κ3) is 4.05. The Hall–Kier alpha value is -1.39. The largest absolute Gasteiger partial charge is 0.389 e. The van der Waals surface area contributed by atoms with Crippen LogP contribution < -0.4 is 5.32 Å². The molecule has 0 spiro atoms. The summed E-state index contributed by atoms with van der Waals surface area (Å²) in [6, 6.07) is 7.96. The van der Waals surface area contributed by atoms with Crippen LogP contribution in [0, 0.1) is 0 Å². The van der Waals surface area contributed by atoms with E-state index in [1.54, 1.807) is 0 Å². The third-order valence-electron chi connectivity index (χ3n) is 3.76. The van der Waals surface area contributed by atoms with Gasteiger partial charge in [0, 0.05) is 18.8 Å². The molecule has 1 aliphatic rings. The van der Waals surface area contributed by atoms with Gasteiger partial charge in [0.2, 0.25) is 5.91 Å². The van der Waals surface area contributed by atoms with Crippen LogP contribution in [0.15, 0.2) is 24.3 Å². The second-order valence-electron chi connectivity index (χ2n) is 6.28. The number of β-amino-alcohol motifs (C(OH)–C–C–N with tert-alkyl or cyclic N) is 1. The van der Waals surface area contributed by atoms with E-state index in [9.17, 15) is 9.90 Å². The van der Waals surface area contributed by atoms with Crippen molar-refractivity contribution in [3.8, 4) is 0 Å². The number of amides is 1. The summed E-state index contributed by atoms with van der Waals surface area (Å²) in [6.45, 7) is 7.77. The molecule has 1 aromatic rings. The van der Waals surface area contributed by atoms with Crippen molar-refractivity contribution in [1.82, 2.24) is 4.90 Å². The number of nitrogens with zero attached hydrogens (tertiary/aromatic N) is 1. The summed E-state index contributed by atoms with van der Waals surface area (Å²) in [5, 5.41) is 12.8. The van der Waals surface area contributed by atoms with Crippen LogP contribution in [0.25, 0.3) is 0 Å². The molecule has 20 heavy (non-hydrogen) atoms. The highest BCUT2D eigenvalue weighted by Gasteiger charge is 2.31. The van der Waals surface area contributed by atoms with E-state index < -0.39 is 5.60 Å². The predicted molar refractivity (Wildman–Crippen MR) is 80.8 cm³/mol. The molecule has 110 valence electrons. The minimum atomic E-state index is -0.654. The molecule has 1 aromatic carbocycles. The average Bonchev–Trinajstić information content (AvgIpc) is 2.69. The smallest absolute Gasteiger partial charge is 0.238 e. The van der Waals surface area contributed by atoms with Crippen LogP contribution in [0.5, 0.6) is 0 Å². The summed E-state index contributed by atoms with van der Waals surface area (Å²) >= 11 is 0. The number of carbonyl (C=O) groups is 1. The van der Waals surface area contributed by atoms with Crippen LogP contribution in [-0.4, -0.2) is 41.1 Å². The van der Waals surface area contributed by atoms with E-state index in [-0.39, 0.29) is 5.91 Å². The van der Waals surface area contributed by atoms with E-state index in [0.29, 0.717) is 19.0 Å². The molecule has 0 saturated carbocycles. The molecule has 0 aliphatic carbocycles. The first-order chi connectivity index (χ1) is 9.35. The van der Waals surface area contributed by atoms with Crippen molar-refractivity contribution in [2.24, 2.45) is 0 Å². The lowest BCUT2D eigenvalue weighted by Crippen LogP contribution is -2.35. The number of benzene rings is 1. The van der Waals surface area contributed by atoms with Gasteiger partial charge in [-0.25, -0.2) is 0 Å². The van der Waals surface area contributed by atoms with Crippen LogP contribution in [0.2, 0.25) is 0 Å². The van der Waals surface area contributed by atoms with Crippen LogP contribution in [-0.2, 0) is 4.79 Å². The molecule has 1 unspecified atom stereocenters. The molecule has 1 heterocycles. The molecule has 2 rings (SSSR count). The second-order valence-corrected chi connectivity index (χ2v) is 6.28. The average molecular weight is 276 g/mol. The lowest BCUT2D eigenvalue weighted by Gasteiger charge is -2.18. The number of carbonyl (C=O) groups excluding carboxylic acids is 1. The summed E-state index contributed by atoms with van der Waals surface area (Å²) in [7, 11) is 0. The fraction of sp³-hybridized carbons (Fsp3) is 0.562. The van der Waals surface area contributed by atoms with Gasteiger partial charge in [-0.05, 0) is 37.0 Å². The molecule has 4 heteroatoms. The van der Waals surface area contributed by atoms with Crippen LogP contribution in [0.1, 0.15) is 38.7 Å². The van der Waals surface area contributed by atoms with Gasteiger partial charge in [0.1, 0.15) is 0 Å². The molecule has 0 bridgehead atoms. The summed E-state index contributed by atoms with van der Waals surface area (Å²) in [5.41, 5.74) is 1.43. The van der Waals surface area contributed by atoms with Gasteiger partial charge in [-0.2, -0.15) is 0 Å². The Morgan fingerprint density at radius 3 is 2.55 bits per heavy atom. The van der Waals surface area contributed by atoms with Crippen LogP contribution in [0.4, 0.5) is 5.69 Å². The van der Waals surface area contributed by atoms with Gasteiger partial charge >= 0.3 is 0 Å². The summed E-state index contributed by atoms with van der Waals surface area (Å²) in [5.74, 6) is 0.464. The van der Waals surface area contributed by atoms with Gasteiger partial charge in [-0.3, -0.25) is 9.69 Å². The number of hydrogen-bond acceptors (Lipinski definition) is 3. The number of hydrogen-bond donors (Lipinski definition) is 2. The maximum atomic E-state index is 12.0. The van der Waals surface area contributed by atoms with E-state index in [0.717, 1.165) is 18.7 Å². The molecular formula is C16H24N2O2. The molecule has 4 nitrogen and oxygen atoms in total. The Morgan fingerprint density at radius 2 is 2.05 bits per heavy atom. The summed E-state index contributed by atoms with van der Waals surface area (Å²) < 4.78 is 0. The zero-order valence-corrected chi connectivity index (χ0v) is 12.5. The standard InChI is InChI=1S/C16H24N2O2/c1-12(2)13-4-6-14(7-5-13)17-15(19)10-18-9-8-16(3,20)11-18/h4-7,12,20H,8-11H2,1-3H3,(H,17,19). The molecule has 1 fully saturated rings. The molecular weight excluding hydrogens is 252 g/mol. The Morgan fingerprint density at radius 1 is 1.40 bits per heavy atom. The highest BCUT2D eigenvalue weighted by Crippen LogP contribution is 2.20. The van der Waals surface area contributed by atoms with E-state index in [1.165, 1.54) is 5.56 Å². The van der Waals surface area contributed by atoms with Crippen molar-refractivity contribution in [2.75, 3.05) is 25.0 Å². The number of likely N-dealkylation sites (tertiary alicyclic amines) is 1. The zero-order chi connectivity index (χ0) is 14.8. The van der Waals surface area contributed by atoms with Crippen molar-refractivity contribution < 1.29 is 9.90 Å². The summed E-state index contributed by atoms with van der Waals surface area (Å²) in [4.78, 5) is 13.9. The predicted octanol–water partition coefficient (Wildman–Crippen LogP) is 2.21. The fourth-order valence-electron chi connectivity index (χ4n) is 2.53. The molecule has 0 radical (unpaired) electrons. The lowest BCUT2D eigenvalue weighted by molar-refractivity contribution is -0.117. The van der Waals surface area contributed by atoms with Crippen LogP contribution in [0.3, 0.4) is 0 Å². The molecule has 1 saturated heterocycles. The van der Waals surface area contributed by atoms with Gasteiger partial charge in [0.25, 0.3) is 0 Å². The molecule has 1 amide bonds. The first-order valence-corrected chi connectivity index (χ1v) is 7.20. The maximum absolute atomic E-state index is 12.0. The fourth-order valence-corrected chi connectivity index (χ4v) is 2.53. The van der Waals surface area contributed by atoms with Crippen molar-refractivity contribution in [3.05, 3.63) is 29.8 Å². The van der Waals surface area contributed by atoms with Gasteiger partial charge in [0.05, 0.1) is 12.1 Å². The number of anilines is 1. The van der Waals surface area contributed by atoms with Gasteiger partial charge in [-0.15, -0.1) is 0 Å². The Labute approximate surface area is 120 Å². The van der Waals surface area contributed by atoms with Crippen LogP contribution >= 0.6 is 0 Å². The first kappa shape index (κ1) is 15.0. The van der Waals surface area contributed by atoms with Gasteiger partial charge in [0.15, 0.2) is 0 Å². The molecule has 1 atom stereocenters. The van der Waals surface area contributed by atoms with Crippen molar-refractivity contribution >= 4 is 11.6 Å². The van der Waals surface area contributed by atoms with Gasteiger partial charge < -0.3 is 10.4 Å². The molecule has 0 aromatic heterocycles. The Kier molecular flexibility index (Phi) is 4.45. The minimum absolute atomic E-state index is 0.0278. The Bertz CT molecular complexity index is 466. The zero-order valence-electron chi connectivity index (χ0n) is 12.5. The lowest BCUT2D eigenvalue weighted by atomic mass is 10.0. The highest BCUT2D eigenvalue weighted by atomic mass is 16.3. The maximum Gasteiger partial charge on any atom is 0.238 e. The quantitative estimate of drug-likeness (QED) is 0.886. The first-order valence-electron chi connectivity index (χ1n) is 7.20. The molecule has 2 N–H and O–H groups in total. The number of rotatable bonds is 4. The minimum Gasteiger partial charge on any atom is -0.389 e. The highest BCUT2D eigenvalue weighted by molar-refractivity contribution is 5.92. The van der Waals surface area contributed by atoms with Crippen molar-refractivity contribution in [2.45, 2.75) is 38.7 Å². The topological polar surface area (TPSA) is 52.6 Å². The molecule has 1 aliphatic heterocycles. The summed E-state index contributed by atoms with van der Waals surface area (Å²) in [6.07, 6.45) is 0.726. The number of nitrogens with one attached hydrogen (secondary N) is 1. The van der Waals surface area contributed by atoms with E-state index >= 15 is 0 Å². The van der Waals surface area contributed by atoms with E-state index in [1.807, 2.05) is 36.1 Å². The van der Waals surface area contributed by atoms with Crippen molar-refractivity contribution in [3.63, 3.8) is 0 Å². The van der Waals surface area contributed by atoms with E-state index in [2.05, 4.69) is 19.2 Å². The second kappa shape index (κ2) is 5.94. The Balaban J connectivity index is 1.85. The third-order valence-corrected chi connectivity index (χ3v) is 3.76. The number of aliphatic hydroxyl groups is 1. The monoisotopic (exact) mass is 276 g/mol. The van der Waals surface area contributed by atoms with Gasteiger partial charge in [-0.1, -0.05) is 26.0 Å². The van der Waals surface area contributed by atoms with Crippen molar-refractivity contribution in [1.29, 1.82) is 0 Å². The SMILES string of the molecule is CC(C)c1ccc(NC(=O)CN2CCC(C)(O)C2)cc1. The normalized spacial score (nSPS) is 23.2. The van der Waals surface area contributed by atoms with E-state index in [4.69, 9.17) is 0 Å².